The van der Waals surface area contributed by atoms with Gasteiger partial charge in [-0.05, 0) is 25.7 Å². The lowest BCUT2D eigenvalue weighted by molar-refractivity contribution is 0.636. The number of nitrogens with two attached hydrogens (primary N) is 1. The Bertz CT molecular complexity index is 125. The largest absolute Gasteiger partial charge is 0.402 e. The molecular formula is C9H19N. The number of rotatable bonds is 3. The lowest BCUT2D eigenvalue weighted by Crippen LogP contribution is -2.09. The standard InChI is InChI=1S/C9H19N/c1-5-7(3)9(10)8(4)6-2/h7H,5-6,10H2,1-4H3/b9-8+. The topological polar surface area (TPSA) is 26.0 Å². The van der Waals surface area contributed by atoms with Crippen molar-refractivity contribution in [2.75, 3.05) is 0 Å². The third-order valence-corrected chi connectivity index (χ3v) is 2.17. The molecule has 10 heavy (non-hydrogen) atoms. The maximum absolute atomic E-state index is 5.86. The van der Waals surface area contributed by atoms with Gasteiger partial charge in [-0.2, -0.15) is 0 Å². The van der Waals surface area contributed by atoms with Crippen LogP contribution in [0.5, 0.6) is 0 Å². The summed E-state index contributed by atoms with van der Waals surface area (Å²) in [7, 11) is 0. The normalized spacial score (nSPS) is 16.4. The second-order valence-electron chi connectivity index (χ2n) is 2.90. The van der Waals surface area contributed by atoms with Crippen molar-refractivity contribution in [1.29, 1.82) is 0 Å². The molecule has 1 atom stereocenters. The number of hydrogen-bond acceptors (Lipinski definition) is 1. The second-order valence-corrected chi connectivity index (χ2v) is 2.90. The van der Waals surface area contributed by atoms with Gasteiger partial charge in [0.2, 0.25) is 0 Å². The maximum Gasteiger partial charge on any atom is 0.00980 e. The van der Waals surface area contributed by atoms with E-state index < -0.39 is 0 Å². The lowest BCUT2D eigenvalue weighted by atomic mass is 10.0. The van der Waals surface area contributed by atoms with Gasteiger partial charge in [-0.1, -0.05) is 26.3 Å². The van der Waals surface area contributed by atoms with Crippen LogP contribution in [0.25, 0.3) is 0 Å². The van der Waals surface area contributed by atoms with E-state index in [4.69, 9.17) is 5.73 Å². The molecule has 0 aromatic carbocycles. The Morgan fingerprint density at radius 1 is 1.40 bits per heavy atom. The monoisotopic (exact) mass is 141 g/mol. The third-order valence-electron chi connectivity index (χ3n) is 2.17. The molecule has 0 amide bonds. The molecule has 0 saturated heterocycles. The molecule has 0 saturated carbocycles. The first-order chi connectivity index (χ1) is 4.63. The van der Waals surface area contributed by atoms with Crippen LogP contribution in [-0.4, -0.2) is 0 Å². The van der Waals surface area contributed by atoms with E-state index in [1.165, 1.54) is 5.57 Å². The van der Waals surface area contributed by atoms with Gasteiger partial charge < -0.3 is 5.73 Å². The summed E-state index contributed by atoms with van der Waals surface area (Å²) in [4.78, 5) is 0. The molecule has 0 radical (unpaired) electrons. The Morgan fingerprint density at radius 3 is 2.20 bits per heavy atom. The Morgan fingerprint density at radius 2 is 1.90 bits per heavy atom. The Labute approximate surface area is 64.3 Å². The molecule has 0 fully saturated rings. The molecule has 0 aromatic heterocycles. The minimum Gasteiger partial charge on any atom is -0.402 e. The van der Waals surface area contributed by atoms with Gasteiger partial charge in [0.15, 0.2) is 0 Å². The van der Waals surface area contributed by atoms with E-state index in [0.717, 1.165) is 18.5 Å². The highest BCUT2D eigenvalue weighted by molar-refractivity contribution is 5.10. The molecule has 1 heteroatoms. The van der Waals surface area contributed by atoms with Gasteiger partial charge in [0.1, 0.15) is 0 Å². The van der Waals surface area contributed by atoms with E-state index >= 15 is 0 Å². The van der Waals surface area contributed by atoms with Crippen LogP contribution in [0.3, 0.4) is 0 Å². The summed E-state index contributed by atoms with van der Waals surface area (Å²) in [6, 6.07) is 0. The van der Waals surface area contributed by atoms with Crippen molar-refractivity contribution in [1.82, 2.24) is 0 Å². The zero-order valence-corrected chi connectivity index (χ0v) is 7.57. The molecule has 0 aliphatic heterocycles. The summed E-state index contributed by atoms with van der Waals surface area (Å²) in [5.41, 5.74) is 8.29. The van der Waals surface area contributed by atoms with Crippen LogP contribution >= 0.6 is 0 Å². The highest BCUT2D eigenvalue weighted by Crippen LogP contribution is 2.14. The van der Waals surface area contributed by atoms with E-state index in [9.17, 15) is 0 Å². The van der Waals surface area contributed by atoms with Crippen molar-refractivity contribution in [2.45, 2.75) is 40.5 Å². The van der Waals surface area contributed by atoms with Crippen molar-refractivity contribution in [3.05, 3.63) is 11.3 Å². The van der Waals surface area contributed by atoms with E-state index in [1.807, 2.05) is 0 Å². The molecule has 0 heterocycles. The van der Waals surface area contributed by atoms with Gasteiger partial charge in [-0.3, -0.25) is 0 Å². The predicted octanol–water partition coefficient (Wildman–Crippen LogP) is 2.68. The van der Waals surface area contributed by atoms with Gasteiger partial charge in [-0.15, -0.1) is 0 Å². The fourth-order valence-corrected chi connectivity index (χ4v) is 0.845. The quantitative estimate of drug-likeness (QED) is 0.642. The average Bonchev–Trinajstić information content (AvgIpc) is 2.00. The van der Waals surface area contributed by atoms with Gasteiger partial charge in [0.05, 0.1) is 0 Å². The number of hydrogen-bond donors (Lipinski definition) is 1. The van der Waals surface area contributed by atoms with Crippen LogP contribution in [0.2, 0.25) is 0 Å². The van der Waals surface area contributed by atoms with Crippen LogP contribution < -0.4 is 5.73 Å². The molecule has 0 rings (SSSR count). The summed E-state index contributed by atoms with van der Waals surface area (Å²) in [5.74, 6) is 0.556. The Balaban J connectivity index is 4.15. The van der Waals surface area contributed by atoms with Gasteiger partial charge in [-0.25, -0.2) is 0 Å². The Kier molecular flexibility index (Phi) is 4.17. The molecule has 1 unspecified atom stereocenters. The summed E-state index contributed by atoms with van der Waals surface area (Å²) in [5, 5.41) is 0. The molecule has 0 aromatic rings. The Hall–Kier alpha value is -0.460. The van der Waals surface area contributed by atoms with Crippen LogP contribution in [0.4, 0.5) is 0 Å². The summed E-state index contributed by atoms with van der Waals surface area (Å²) < 4.78 is 0. The fourth-order valence-electron chi connectivity index (χ4n) is 0.845. The minimum atomic E-state index is 0.556. The van der Waals surface area contributed by atoms with E-state index in [-0.39, 0.29) is 0 Å². The summed E-state index contributed by atoms with van der Waals surface area (Å²) in [6.45, 7) is 8.60. The average molecular weight is 141 g/mol. The molecule has 0 bridgehead atoms. The van der Waals surface area contributed by atoms with E-state index in [2.05, 4.69) is 27.7 Å². The van der Waals surface area contributed by atoms with Crippen LogP contribution in [-0.2, 0) is 0 Å². The van der Waals surface area contributed by atoms with Crippen LogP contribution in [0.1, 0.15) is 40.5 Å². The van der Waals surface area contributed by atoms with Crippen molar-refractivity contribution in [3.8, 4) is 0 Å². The first-order valence-electron chi connectivity index (χ1n) is 4.08. The molecule has 0 aliphatic rings. The molecule has 0 spiro atoms. The lowest BCUT2D eigenvalue weighted by Gasteiger charge is -2.11. The maximum atomic E-state index is 5.86. The van der Waals surface area contributed by atoms with Crippen LogP contribution in [0, 0.1) is 5.92 Å². The van der Waals surface area contributed by atoms with E-state index in [1.54, 1.807) is 0 Å². The molecule has 1 nitrogen and oxygen atoms in total. The summed E-state index contributed by atoms with van der Waals surface area (Å²) >= 11 is 0. The molecular weight excluding hydrogens is 122 g/mol. The van der Waals surface area contributed by atoms with Gasteiger partial charge in [0, 0.05) is 5.70 Å². The zero-order chi connectivity index (χ0) is 8.15. The first kappa shape index (κ1) is 9.54. The molecule has 2 N–H and O–H groups in total. The second kappa shape index (κ2) is 4.37. The van der Waals surface area contributed by atoms with Crippen molar-refractivity contribution in [3.63, 3.8) is 0 Å². The zero-order valence-electron chi connectivity index (χ0n) is 7.57. The van der Waals surface area contributed by atoms with Gasteiger partial charge >= 0.3 is 0 Å². The van der Waals surface area contributed by atoms with Crippen LogP contribution in [0.15, 0.2) is 11.3 Å². The molecule has 60 valence electrons. The minimum absolute atomic E-state index is 0.556. The van der Waals surface area contributed by atoms with Crippen molar-refractivity contribution >= 4 is 0 Å². The van der Waals surface area contributed by atoms with Crippen molar-refractivity contribution < 1.29 is 0 Å². The predicted molar refractivity (Wildman–Crippen MR) is 46.6 cm³/mol. The SMILES string of the molecule is CC/C(C)=C(/N)C(C)CC. The fraction of sp³-hybridized carbons (Fsp3) is 0.778. The van der Waals surface area contributed by atoms with E-state index in [0.29, 0.717) is 5.92 Å². The summed E-state index contributed by atoms with van der Waals surface area (Å²) in [6.07, 6.45) is 2.22. The number of allylic oxidation sites excluding steroid dienone is 2. The first-order valence-corrected chi connectivity index (χ1v) is 4.08. The molecule has 0 aliphatic carbocycles. The third kappa shape index (κ3) is 2.42. The highest BCUT2D eigenvalue weighted by atomic mass is 14.6. The van der Waals surface area contributed by atoms with Gasteiger partial charge in [0.25, 0.3) is 0 Å². The van der Waals surface area contributed by atoms with Crippen molar-refractivity contribution in [2.24, 2.45) is 11.7 Å². The smallest absolute Gasteiger partial charge is 0.00980 e. The highest BCUT2D eigenvalue weighted by Gasteiger charge is 2.03.